The van der Waals surface area contributed by atoms with Crippen LogP contribution in [-0.4, -0.2) is 15.8 Å². The molecular weight excluding hydrogens is 171 g/mol. The van der Waals surface area contributed by atoms with Gasteiger partial charge in [0.15, 0.2) is 0 Å². The van der Waals surface area contributed by atoms with Crippen molar-refractivity contribution in [1.82, 2.24) is 0 Å². The maximum atomic E-state index is 12.5. The molecule has 0 bridgehead atoms. The van der Waals surface area contributed by atoms with Crippen LogP contribution >= 0.6 is 0 Å². The third-order valence-corrected chi connectivity index (χ3v) is 2.46. The summed E-state index contributed by atoms with van der Waals surface area (Å²) in [6.07, 6.45) is 0.352. The van der Waals surface area contributed by atoms with E-state index in [0.717, 1.165) is 0 Å². The van der Waals surface area contributed by atoms with Crippen molar-refractivity contribution >= 4 is 0 Å². The van der Waals surface area contributed by atoms with E-state index < -0.39 is 11.7 Å². The minimum absolute atomic E-state index is 0.335. The molecule has 0 radical (unpaired) electrons. The average Bonchev–Trinajstić information content (AvgIpc) is 2.85. The van der Waals surface area contributed by atoms with Crippen LogP contribution in [0.25, 0.3) is 0 Å². The molecule has 1 aliphatic carbocycles. The summed E-state index contributed by atoms with van der Waals surface area (Å²) in [5.74, 6) is -0.335. The first-order valence-electron chi connectivity index (χ1n) is 4.28. The number of aliphatic hydroxyl groups excluding tert-OH is 1. The predicted molar refractivity (Wildman–Crippen MR) is 45.5 cm³/mol. The molecule has 0 aromatic heterocycles. The predicted octanol–water partition coefficient (Wildman–Crippen LogP) is 1.38. The molecule has 2 N–H and O–H groups in total. The molecule has 1 saturated carbocycles. The molecule has 0 saturated heterocycles. The number of hydrogen-bond donors (Lipinski definition) is 2. The van der Waals surface area contributed by atoms with Crippen molar-refractivity contribution in [2.45, 2.75) is 24.5 Å². The second-order valence-corrected chi connectivity index (χ2v) is 3.56. The number of halogens is 1. The van der Waals surface area contributed by atoms with Gasteiger partial charge in [0.1, 0.15) is 11.9 Å². The van der Waals surface area contributed by atoms with Crippen molar-refractivity contribution in [2.24, 2.45) is 0 Å². The van der Waals surface area contributed by atoms with Crippen LogP contribution in [0.15, 0.2) is 24.3 Å². The summed E-state index contributed by atoms with van der Waals surface area (Å²) < 4.78 is 12.5. The number of aliphatic hydroxyl groups is 2. The zero-order chi connectivity index (χ0) is 9.47. The van der Waals surface area contributed by atoms with E-state index in [0.29, 0.717) is 18.4 Å². The van der Waals surface area contributed by atoms with Gasteiger partial charge in [-0.1, -0.05) is 12.1 Å². The Labute approximate surface area is 75.6 Å². The fraction of sp³-hybridized carbons (Fsp3) is 0.400. The van der Waals surface area contributed by atoms with E-state index in [1.807, 2.05) is 0 Å². The van der Waals surface area contributed by atoms with Gasteiger partial charge in [-0.05, 0) is 30.5 Å². The van der Waals surface area contributed by atoms with E-state index in [1.54, 1.807) is 0 Å². The third-order valence-electron chi connectivity index (χ3n) is 2.46. The van der Waals surface area contributed by atoms with Crippen molar-refractivity contribution in [3.05, 3.63) is 35.6 Å². The largest absolute Gasteiger partial charge is 0.387 e. The Kier molecular flexibility index (Phi) is 1.86. The van der Waals surface area contributed by atoms with Crippen LogP contribution < -0.4 is 0 Å². The maximum Gasteiger partial charge on any atom is 0.123 e. The van der Waals surface area contributed by atoms with Crippen LogP contribution in [-0.2, 0) is 0 Å². The third kappa shape index (κ3) is 1.57. The van der Waals surface area contributed by atoms with Crippen molar-refractivity contribution < 1.29 is 14.6 Å². The molecule has 1 fully saturated rings. The summed E-state index contributed by atoms with van der Waals surface area (Å²) in [7, 11) is 0. The van der Waals surface area contributed by atoms with Gasteiger partial charge in [0.25, 0.3) is 0 Å². The van der Waals surface area contributed by atoms with Gasteiger partial charge < -0.3 is 10.2 Å². The molecule has 0 aliphatic heterocycles. The molecule has 1 aliphatic rings. The molecule has 70 valence electrons. The first-order valence-corrected chi connectivity index (χ1v) is 4.28. The SMILES string of the molecule is O[C@H](c1ccc(F)cc1)C1(O)CC1. The Balaban J connectivity index is 2.20. The minimum atomic E-state index is -0.960. The second kappa shape index (κ2) is 2.79. The summed E-state index contributed by atoms with van der Waals surface area (Å²) in [5.41, 5.74) is -0.390. The second-order valence-electron chi connectivity index (χ2n) is 3.56. The molecule has 2 rings (SSSR count). The van der Waals surface area contributed by atoms with Gasteiger partial charge in [0, 0.05) is 0 Å². The van der Waals surface area contributed by atoms with Crippen LogP contribution in [0.1, 0.15) is 24.5 Å². The molecule has 1 aromatic carbocycles. The fourth-order valence-corrected chi connectivity index (χ4v) is 1.36. The van der Waals surface area contributed by atoms with E-state index in [2.05, 4.69) is 0 Å². The Hall–Kier alpha value is -0.930. The topological polar surface area (TPSA) is 40.5 Å². The highest BCUT2D eigenvalue weighted by atomic mass is 19.1. The van der Waals surface area contributed by atoms with E-state index in [-0.39, 0.29) is 5.82 Å². The van der Waals surface area contributed by atoms with Crippen molar-refractivity contribution in [1.29, 1.82) is 0 Å². The lowest BCUT2D eigenvalue weighted by Crippen LogP contribution is -2.19. The lowest BCUT2D eigenvalue weighted by Gasteiger charge is -2.16. The molecule has 0 spiro atoms. The Morgan fingerprint density at radius 2 is 1.77 bits per heavy atom. The number of hydrogen-bond acceptors (Lipinski definition) is 2. The standard InChI is InChI=1S/C10H11FO2/c11-8-3-1-7(2-4-8)9(12)10(13)5-6-10/h1-4,9,12-13H,5-6H2/t9-/m1/s1. The van der Waals surface area contributed by atoms with Gasteiger partial charge >= 0.3 is 0 Å². The van der Waals surface area contributed by atoms with Gasteiger partial charge in [0.05, 0.1) is 5.60 Å². The average molecular weight is 182 g/mol. The smallest absolute Gasteiger partial charge is 0.123 e. The first-order chi connectivity index (χ1) is 6.12. The van der Waals surface area contributed by atoms with Crippen LogP contribution in [0, 0.1) is 5.82 Å². The van der Waals surface area contributed by atoms with Gasteiger partial charge in [-0.2, -0.15) is 0 Å². The molecule has 0 heterocycles. The molecule has 0 amide bonds. The molecule has 1 atom stereocenters. The molecule has 2 nitrogen and oxygen atoms in total. The summed E-state index contributed by atoms with van der Waals surface area (Å²) in [5, 5.41) is 19.2. The summed E-state index contributed by atoms with van der Waals surface area (Å²) in [4.78, 5) is 0. The first kappa shape index (κ1) is 8.66. The van der Waals surface area contributed by atoms with Crippen molar-refractivity contribution in [3.8, 4) is 0 Å². The van der Waals surface area contributed by atoms with E-state index in [4.69, 9.17) is 0 Å². The molecular formula is C10H11FO2. The lowest BCUT2D eigenvalue weighted by atomic mass is 10.0. The minimum Gasteiger partial charge on any atom is -0.387 e. The van der Waals surface area contributed by atoms with Crippen LogP contribution in [0.5, 0.6) is 0 Å². The number of rotatable bonds is 2. The molecule has 13 heavy (non-hydrogen) atoms. The monoisotopic (exact) mass is 182 g/mol. The summed E-state index contributed by atoms with van der Waals surface area (Å²) >= 11 is 0. The Bertz CT molecular complexity index is 303. The lowest BCUT2D eigenvalue weighted by molar-refractivity contribution is -0.00176. The van der Waals surface area contributed by atoms with Gasteiger partial charge in [0.2, 0.25) is 0 Å². The summed E-state index contributed by atoms with van der Waals surface area (Å²) in [6, 6.07) is 5.56. The maximum absolute atomic E-state index is 12.5. The van der Waals surface area contributed by atoms with Gasteiger partial charge in [-0.3, -0.25) is 0 Å². The Morgan fingerprint density at radius 1 is 1.23 bits per heavy atom. The zero-order valence-corrected chi connectivity index (χ0v) is 7.07. The van der Waals surface area contributed by atoms with Crippen LogP contribution in [0.2, 0.25) is 0 Å². The number of benzene rings is 1. The van der Waals surface area contributed by atoms with Crippen molar-refractivity contribution in [2.75, 3.05) is 0 Å². The normalized spacial score (nSPS) is 21.2. The quantitative estimate of drug-likeness (QED) is 0.725. The van der Waals surface area contributed by atoms with E-state index in [1.165, 1.54) is 24.3 Å². The highest BCUT2D eigenvalue weighted by molar-refractivity contribution is 5.23. The molecule has 0 unspecified atom stereocenters. The van der Waals surface area contributed by atoms with E-state index >= 15 is 0 Å². The van der Waals surface area contributed by atoms with Crippen LogP contribution in [0.3, 0.4) is 0 Å². The molecule has 3 heteroatoms. The highest BCUT2D eigenvalue weighted by Crippen LogP contribution is 2.45. The van der Waals surface area contributed by atoms with Gasteiger partial charge in [-0.25, -0.2) is 4.39 Å². The summed E-state index contributed by atoms with van der Waals surface area (Å²) in [6.45, 7) is 0. The van der Waals surface area contributed by atoms with E-state index in [9.17, 15) is 14.6 Å². The van der Waals surface area contributed by atoms with Crippen molar-refractivity contribution in [3.63, 3.8) is 0 Å². The Morgan fingerprint density at radius 3 is 2.23 bits per heavy atom. The zero-order valence-electron chi connectivity index (χ0n) is 7.07. The van der Waals surface area contributed by atoms with Crippen LogP contribution in [0.4, 0.5) is 4.39 Å². The fourth-order valence-electron chi connectivity index (χ4n) is 1.36. The van der Waals surface area contributed by atoms with Gasteiger partial charge in [-0.15, -0.1) is 0 Å². The highest BCUT2D eigenvalue weighted by Gasteiger charge is 2.47. The molecule has 1 aromatic rings.